The fourth-order valence-corrected chi connectivity index (χ4v) is 1.84. The molecule has 0 aromatic carbocycles. The van der Waals surface area contributed by atoms with E-state index in [4.69, 9.17) is 0 Å². The third-order valence-electron chi connectivity index (χ3n) is 2.40. The molecule has 0 aliphatic heterocycles. The van der Waals surface area contributed by atoms with Gasteiger partial charge in [-0.05, 0) is 24.8 Å². The molecule has 2 unspecified atom stereocenters. The van der Waals surface area contributed by atoms with Crippen molar-refractivity contribution in [1.29, 1.82) is 0 Å². The summed E-state index contributed by atoms with van der Waals surface area (Å²) in [4.78, 5) is 0. The molecule has 0 saturated carbocycles. The van der Waals surface area contributed by atoms with Gasteiger partial charge in [-0.3, -0.25) is 0 Å². The highest BCUT2D eigenvalue weighted by Crippen LogP contribution is 2.17. The third kappa shape index (κ3) is 10.0. The molecule has 0 rings (SSSR count). The van der Waals surface area contributed by atoms with E-state index in [0.717, 1.165) is 19.3 Å². The molecule has 2 atom stereocenters. The molecule has 4 heteroatoms. The maximum absolute atomic E-state index is 11.8. The van der Waals surface area contributed by atoms with E-state index in [1.807, 2.05) is 6.92 Å². The molecular weight excluding hydrogens is 203 g/mol. The largest absolute Gasteiger partial charge is 0.401 e. The topological polar surface area (TPSA) is 12.0 Å². The number of nitrogens with one attached hydrogen (secondary N) is 1. The number of hydrogen-bond donors (Lipinski definition) is 1. The Morgan fingerprint density at radius 3 is 2.20 bits per heavy atom. The van der Waals surface area contributed by atoms with Gasteiger partial charge in [0, 0.05) is 0 Å². The first-order chi connectivity index (χ1) is 6.85. The maximum atomic E-state index is 11.8. The average Bonchev–Trinajstić information content (AvgIpc) is 2.01. The maximum Gasteiger partial charge on any atom is 0.401 e. The summed E-state index contributed by atoms with van der Waals surface area (Å²) in [5.74, 6) is 0.923. The summed E-state index contributed by atoms with van der Waals surface area (Å²) in [6, 6.07) is 0. The van der Waals surface area contributed by atoms with Crippen LogP contribution in [0.5, 0.6) is 0 Å². The summed E-state index contributed by atoms with van der Waals surface area (Å²) in [5, 5.41) is 2.45. The monoisotopic (exact) mass is 225 g/mol. The van der Waals surface area contributed by atoms with E-state index in [2.05, 4.69) is 19.2 Å². The molecule has 0 saturated heterocycles. The van der Waals surface area contributed by atoms with E-state index < -0.39 is 12.7 Å². The van der Waals surface area contributed by atoms with Crippen LogP contribution in [0.15, 0.2) is 0 Å². The van der Waals surface area contributed by atoms with Gasteiger partial charge in [0.15, 0.2) is 0 Å². The Kier molecular flexibility index (Phi) is 6.98. The molecule has 0 aliphatic carbocycles. The van der Waals surface area contributed by atoms with Crippen molar-refractivity contribution >= 4 is 0 Å². The van der Waals surface area contributed by atoms with E-state index in [0.29, 0.717) is 18.4 Å². The van der Waals surface area contributed by atoms with Crippen molar-refractivity contribution in [3.63, 3.8) is 0 Å². The van der Waals surface area contributed by atoms with Crippen LogP contribution in [0.4, 0.5) is 13.2 Å². The first-order valence-corrected chi connectivity index (χ1v) is 5.62. The summed E-state index contributed by atoms with van der Waals surface area (Å²) in [6.45, 7) is 5.86. The highest BCUT2D eigenvalue weighted by Gasteiger charge is 2.26. The zero-order valence-corrected chi connectivity index (χ0v) is 9.82. The number of hydrogen-bond acceptors (Lipinski definition) is 1. The van der Waals surface area contributed by atoms with Crippen molar-refractivity contribution in [3.05, 3.63) is 0 Å². The lowest BCUT2D eigenvalue weighted by molar-refractivity contribution is -0.125. The number of halogens is 3. The molecule has 0 radical (unpaired) electrons. The fraction of sp³-hybridized carbons (Fsp3) is 1.00. The predicted molar refractivity (Wildman–Crippen MR) is 56.8 cm³/mol. The highest BCUT2D eigenvalue weighted by atomic mass is 19.4. The SMILES string of the molecule is CCCC(C)CC(C)CNCC(F)(F)F. The molecule has 0 heterocycles. The molecular formula is C11H22F3N. The number of rotatable bonds is 7. The van der Waals surface area contributed by atoms with Gasteiger partial charge in [0.05, 0.1) is 6.54 Å². The lowest BCUT2D eigenvalue weighted by Crippen LogP contribution is -2.32. The molecule has 0 fully saturated rings. The van der Waals surface area contributed by atoms with Crippen LogP contribution in [0.25, 0.3) is 0 Å². The van der Waals surface area contributed by atoms with Crippen LogP contribution < -0.4 is 5.32 Å². The summed E-state index contributed by atoms with van der Waals surface area (Å²) in [5.41, 5.74) is 0. The summed E-state index contributed by atoms with van der Waals surface area (Å²) >= 11 is 0. The quantitative estimate of drug-likeness (QED) is 0.698. The van der Waals surface area contributed by atoms with E-state index in [1.165, 1.54) is 0 Å². The van der Waals surface area contributed by atoms with Crippen LogP contribution in [0, 0.1) is 11.8 Å². The molecule has 0 aromatic rings. The van der Waals surface area contributed by atoms with Gasteiger partial charge in [-0.15, -0.1) is 0 Å². The molecule has 0 aliphatic rings. The smallest absolute Gasteiger partial charge is 0.308 e. The van der Waals surface area contributed by atoms with Gasteiger partial charge in [0.1, 0.15) is 0 Å². The van der Waals surface area contributed by atoms with Gasteiger partial charge in [-0.25, -0.2) is 0 Å². The first kappa shape index (κ1) is 14.8. The fourth-order valence-electron chi connectivity index (χ4n) is 1.84. The highest BCUT2D eigenvalue weighted by molar-refractivity contribution is 4.64. The summed E-state index contributed by atoms with van der Waals surface area (Å²) in [7, 11) is 0. The van der Waals surface area contributed by atoms with Gasteiger partial charge < -0.3 is 5.32 Å². The Morgan fingerprint density at radius 1 is 1.13 bits per heavy atom. The van der Waals surface area contributed by atoms with Crippen LogP contribution in [0.2, 0.25) is 0 Å². The van der Waals surface area contributed by atoms with Gasteiger partial charge in [-0.1, -0.05) is 33.6 Å². The van der Waals surface area contributed by atoms with Gasteiger partial charge >= 0.3 is 6.18 Å². The minimum atomic E-state index is -4.09. The lowest BCUT2D eigenvalue weighted by Gasteiger charge is -2.17. The van der Waals surface area contributed by atoms with E-state index >= 15 is 0 Å². The van der Waals surface area contributed by atoms with Crippen LogP contribution in [0.3, 0.4) is 0 Å². The first-order valence-electron chi connectivity index (χ1n) is 5.62. The minimum Gasteiger partial charge on any atom is -0.308 e. The Labute approximate surface area is 90.4 Å². The van der Waals surface area contributed by atoms with Gasteiger partial charge in [0.2, 0.25) is 0 Å². The van der Waals surface area contributed by atoms with Crippen molar-refractivity contribution in [1.82, 2.24) is 5.32 Å². The zero-order chi connectivity index (χ0) is 11.9. The number of alkyl halides is 3. The molecule has 1 nitrogen and oxygen atoms in total. The standard InChI is InChI=1S/C11H22F3N/c1-4-5-9(2)6-10(3)7-15-8-11(12,13)14/h9-10,15H,4-8H2,1-3H3. The molecule has 1 N–H and O–H groups in total. The molecule has 0 aromatic heterocycles. The average molecular weight is 225 g/mol. The normalized spacial score (nSPS) is 16.4. The Bertz CT molecular complexity index is 156. The van der Waals surface area contributed by atoms with Crippen LogP contribution in [-0.2, 0) is 0 Å². The van der Waals surface area contributed by atoms with Crippen molar-refractivity contribution in [3.8, 4) is 0 Å². The van der Waals surface area contributed by atoms with E-state index in [-0.39, 0.29) is 0 Å². The molecule has 15 heavy (non-hydrogen) atoms. The molecule has 92 valence electrons. The van der Waals surface area contributed by atoms with Crippen LogP contribution >= 0.6 is 0 Å². The molecule has 0 bridgehead atoms. The summed E-state index contributed by atoms with van der Waals surface area (Å²) in [6.07, 6.45) is -0.791. The van der Waals surface area contributed by atoms with Crippen molar-refractivity contribution in [2.45, 2.75) is 46.2 Å². The van der Waals surface area contributed by atoms with Gasteiger partial charge in [-0.2, -0.15) is 13.2 Å². The van der Waals surface area contributed by atoms with Crippen LogP contribution in [0.1, 0.15) is 40.0 Å². The predicted octanol–water partition coefficient (Wildman–Crippen LogP) is 3.60. The second-order valence-electron chi connectivity index (χ2n) is 4.48. The second-order valence-corrected chi connectivity index (χ2v) is 4.48. The molecule has 0 spiro atoms. The van der Waals surface area contributed by atoms with Crippen molar-refractivity contribution < 1.29 is 13.2 Å². The van der Waals surface area contributed by atoms with Gasteiger partial charge in [0.25, 0.3) is 0 Å². The Morgan fingerprint density at radius 2 is 1.73 bits per heavy atom. The molecule has 0 amide bonds. The Balaban J connectivity index is 3.53. The van der Waals surface area contributed by atoms with Crippen molar-refractivity contribution in [2.24, 2.45) is 11.8 Å². The van der Waals surface area contributed by atoms with Crippen LogP contribution in [-0.4, -0.2) is 19.3 Å². The minimum absolute atomic E-state index is 0.314. The lowest BCUT2D eigenvalue weighted by atomic mass is 9.94. The summed E-state index contributed by atoms with van der Waals surface area (Å²) < 4.78 is 35.5. The van der Waals surface area contributed by atoms with E-state index in [9.17, 15) is 13.2 Å². The second kappa shape index (κ2) is 7.09. The zero-order valence-electron chi connectivity index (χ0n) is 9.82. The Hall–Kier alpha value is -0.250. The third-order valence-corrected chi connectivity index (χ3v) is 2.40. The van der Waals surface area contributed by atoms with E-state index in [1.54, 1.807) is 0 Å². The van der Waals surface area contributed by atoms with Crippen molar-refractivity contribution in [2.75, 3.05) is 13.1 Å².